The van der Waals surface area contributed by atoms with E-state index in [-0.39, 0.29) is 0 Å². The number of hydrogen-bond acceptors (Lipinski definition) is 0. The molecule has 0 aromatic heterocycles. The minimum Gasteiger partial charge on any atom is -0.126 e. The SMILES string of the molecule is CC(C)(C)C1CCC(CCl)(C2CCCCCC2)CC1. The first-order valence-corrected chi connectivity index (χ1v) is 9.07. The van der Waals surface area contributed by atoms with E-state index in [0.29, 0.717) is 10.8 Å². The first-order chi connectivity index (χ1) is 8.98. The summed E-state index contributed by atoms with van der Waals surface area (Å²) >= 11 is 6.49. The molecule has 2 aliphatic carbocycles. The molecule has 2 aliphatic rings. The molecular weight excluding hydrogens is 252 g/mol. The maximum Gasteiger partial charge on any atom is 0.0282 e. The molecular formula is C18H33Cl. The van der Waals surface area contributed by atoms with E-state index in [1.807, 2.05) is 0 Å². The Bertz CT molecular complexity index is 260. The second kappa shape index (κ2) is 6.37. The first kappa shape index (κ1) is 15.7. The molecule has 0 bridgehead atoms. The van der Waals surface area contributed by atoms with Gasteiger partial charge in [0, 0.05) is 5.88 Å². The predicted molar refractivity (Wildman–Crippen MR) is 85.8 cm³/mol. The van der Waals surface area contributed by atoms with E-state index in [2.05, 4.69) is 20.8 Å². The van der Waals surface area contributed by atoms with Crippen molar-refractivity contribution in [2.45, 2.75) is 85.0 Å². The van der Waals surface area contributed by atoms with Crippen molar-refractivity contribution in [3.8, 4) is 0 Å². The van der Waals surface area contributed by atoms with E-state index in [4.69, 9.17) is 11.6 Å². The van der Waals surface area contributed by atoms with Gasteiger partial charge in [-0.25, -0.2) is 0 Å². The Labute approximate surface area is 125 Å². The van der Waals surface area contributed by atoms with Crippen LogP contribution in [-0.2, 0) is 0 Å². The first-order valence-electron chi connectivity index (χ1n) is 8.54. The van der Waals surface area contributed by atoms with Crippen molar-refractivity contribution < 1.29 is 0 Å². The number of hydrogen-bond donors (Lipinski definition) is 0. The van der Waals surface area contributed by atoms with Gasteiger partial charge in [-0.1, -0.05) is 46.5 Å². The Kier molecular flexibility index (Phi) is 5.26. The third-order valence-electron chi connectivity index (χ3n) is 6.19. The number of halogens is 1. The summed E-state index contributed by atoms with van der Waals surface area (Å²) in [6.45, 7) is 7.24. The van der Waals surface area contributed by atoms with E-state index in [1.54, 1.807) is 0 Å². The highest BCUT2D eigenvalue weighted by Crippen LogP contribution is 2.52. The second-order valence-electron chi connectivity index (χ2n) is 8.32. The molecule has 0 amide bonds. The molecule has 0 aromatic rings. The fraction of sp³-hybridized carbons (Fsp3) is 1.00. The van der Waals surface area contributed by atoms with Gasteiger partial charge in [-0.15, -0.1) is 11.6 Å². The van der Waals surface area contributed by atoms with Crippen LogP contribution in [0.4, 0.5) is 0 Å². The van der Waals surface area contributed by atoms with Crippen molar-refractivity contribution in [3.05, 3.63) is 0 Å². The smallest absolute Gasteiger partial charge is 0.0282 e. The Hall–Kier alpha value is 0.290. The predicted octanol–water partition coefficient (Wildman–Crippen LogP) is 6.42. The summed E-state index contributed by atoms with van der Waals surface area (Å²) in [7, 11) is 0. The molecule has 19 heavy (non-hydrogen) atoms. The van der Waals surface area contributed by atoms with Gasteiger partial charge in [-0.05, 0) is 61.2 Å². The summed E-state index contributed by atoms with van der Waals surface area (Å²) in [5, 5.41) is 0. The van der Waals surface area contributed by atoms with Crippen LogP contribution in [0.5, 0.6) is 0 Å². The Morgan fingerprint density at radius 2 is 1.42 bits per heavy atom. The van der Waals surface area contributed by atoms with Crippen molar-refractivity contribution in [1.82, 2.24) is 0 Å². The molecule has 0 atom stereocenters. The van der Waals surface area contributed by atoms with Gasteiger partial charge in [0.2, 0.25) is 0 Å². The average Bonchev–Trinajstić information content (AvgIpc) is 2.67. The van der Waals surface area contributed by atoms with Crippen molar-refractivity contribution >= 4 is 11.6 Å². The summed E-state index contributed by atoms with van der Waals surface area (Å²) in [5.41, 5.74) is 0.982. The highest BCUT2D eigenvalue weighted by Gasteiger charge is 2.42. The normalized spacial score (nSPS) is 35.1. The van der Waals surface area contributed by atoms with Crippen molar-refractivity contribution in [2.24, 2.45) is 22.7 Å². The monoisotopic (exact) mass is 284 g/mol. The van der Waals surface area contributed by atoms with Crippen LogP contribution in [0.15, 0.2) is 0 Å². The molecule has 0 unspecified atom stereocenters. The zero-order valence-electron chi connectivity index (χ0n) is 13.3. The fourth-order valence-corrected chi connectivity index (χ4v) is 5.09. The van der Waals surface area contributed by atoms with Crippen molar-refractivity contribution in [2.75, 3.05) is 5.88 Å². The molecule has 0 spiro atoms. The molecule has 2 saturated carbocycles. The third-order valence-corrected chi connectivity index (χ3v) is 6.73. The van der Waals surface area contributed by atoms with Crippen molar-refractivity contribution in [1.29, 1.82) is 0 Å². The molecule has 1 heteroatoms. The molecule has 0 nitrogen and oxygen atoms in total. The number of rotatable bonds is 2. The van der Waals surface area contributed by atoms with Gasteiger partial charge in [0.1, 0.15) is 0 Å². The lowest BCUT2D eigenvalue weighted by Gasteiger charge is -2.47. The minimum absolute atomic E-state index is 0.488. The molecule has 0 saturated heterocycles. The fourth-order valence-electron chi connectivity index (χ4n) is 4.60. The maximum absolute atomic E-state index is 6.49. The molecule has 0 aliphatic heterocycles. The molecule has 2 rings (SSSR count). The van der Waals surface area contributed by atoms with Gasteiger partial charge >= 0.3 is 0 Å². The van der Waals surface area contributed by atoms with Gasteiger partial charge < -0.3 is 0 Å². The lowest BCUT2D eigenvalue weighted by molar-refractivity contribution is 0.0497. The lowest BCUT2D eigenvalue weighted by Crippen LogP contribution is -2.39. The number of alkyl halides is 1. The van der Waals surface area contributed by atoms with E-state index < -0.39 is 0 Å². The Morgan fingerprint density at radius 3 is 1.84 bits per heavy atom. The van der Waals surface area contributed by atoms with Crippen LogP contribution in [0.2, 0.25) is 0 Å². The van der Waals surface area contributed by atoms with Crippen LogP contribution in [0.3, 0.4) is 0 Å². The topological polar surface area (TPSA) is 0 Å². The van der Waals surface area contributed by atoms with E-state index >= 15 is 0 Å². The molecule has 0 aromatic carbocycles. The zero-order chi connectivity index (χ0) is 13.9. The van der Waals surface area contributed by atoms with Gasteiger partial charge in [0.15, 0.2) is 0 Å². The minimum atomic E-state index is 0.488. The Balaban J connectivity index is 2.00. The van der Waals surface area contributed by atoms with Crippen LogP contribution in [0, 0.1) is 22.7 Å². The van der Waals surface area contributed by atoms with Crippen LogP contribution in [0.1, 0.15) is 85.0 Å². The highest BCUT2D eigenvalue weighted by molar-refractivity contribution is 6.18. The van der Waals surface area contributed by atoms with Crippen LogP contribution >= 0.6 is 11.6 Å². The summed E-state index contributed by atoms with van der Waals surface area (Å²) in [4.78, 5) is 0. The summed E-state index contributed by atoms with van der Waals surface area (Å²) < 4.78 is 0. The largest absolute Gasteiger partial charge is 0.126 e. The van der Waals surface area contributed by atoms with E-state index in [9.17, 15) is 0 Å². The molecule has 0 radical (unpaired) electrons. The van der Waals surface area contributed by atoms with Crippen molar-refractivity contribution in [3.63, 3.8) is 0 Å². The van der Waals surface area contributed by atoms with Gasteiger partial charge in [-0.2, -0.15) is 0 Å². The van der Waals surface area contributed by atoms with Crippen LogP contribution in [0.25, 0.3) is 0 Å². The van der Waals surface area contributed by atoms with Crippen LogP contribution < -0.4 is 0 Å². The lowest BCUT2D eigenvalue weighted by atomic mass is 9.59. The summed E-state index contributed by atoms with van der Waals surface area (Å²) in [6, 6.07) is 0. The molecule has 112 valence electrons. The summed E-state index contributed by atoms with van der Waals surface area (Å²) in [6.07, 6.45) is 14.3. The highest BCUT2D eigenvalue weighted by atomic mass is 35.5. The Morgan fingerprint density at radius 1 is 0.895 bits per heavy atom. The molecule has 2 fully saturated rings. The standard InChI is InChI=1S/C18H33Cl/c1-17(2,3)15-10-12-18(14-19,13-11-15)16-8-6-4-5-7-9-16/h15-16H,4-14H2,1-3H3. The average molecular weight is 285 g/mol. The zero-order valence-corrected chi connectivity index (χ0v) is 14.1. The molecule has 0 heterocycles. The van der Waals surface area contributed by atoms with Gasteiger partial charge in [0.25, 0.3) is 0 Å². The molecule has 0 N–H and O–H groups in total. The van der Waals surface area contributed by atoms with Gasteiger partial charge in [-0.3, -0.25) is 0 Å². The van der Waals surface area contributed by atoms with Crippen LogP contribution in [-0.4, -0.2) is 5.88 Å². The maximum atomic E-state index is 6.49. The second-order valence-corrected chi connectivity index (χ2v) is 8.59. The third kappa shape index (κ3) is 3.69. The van der Waals surface area contributed by atoms with E-state index in [0.717, 1.165) is 17.7 Å². The summed E-state index contributed by atoms with van der Waals surface area (Å²) in [5.74, 6) is 2.75. The van der Waals surface area contributed by atoms with E-state index in [1.165, 1.54) is 64.2 Å². The van der Waals surface area contributed by atoms with Gasteiger partial charge in [0.05, 0.1) is 0 Å². The quantitative estimate of drug-likeness (QED) is 0.405.